The Morgan fingerprint density at radius 3 is 1.07 bits per heavy atom. The van der Waals surface area contributed by atoms with Crippen LogP contribution in [0.1, 0.15) is 220 Å². The van der Waals surface area contributed by atoms with E-state index in [2.05, 4.69) is 142 Å². The molecule has 0 N–H and O–H groups in total. The molecule has 0 aromatic carbocycles. The maximum absolute atomic E-state index is 12.8. The molecule has 0 saturated carbocycles. The quantitative estimate of drug-likeness (QED) is 0.0199. The lowest BCUT2D eigenvalue weighted by atomic mass is 10.1. The van der Waals surface area contributed by atoms with E-state index in [0.29, 0.717) is 19.3 Å². The number of rotatable bonds is 47. The van der Waals surface area contributed by atoms with Gasteiger partial charge in [0.2, 0.25) is 0 Å². The molecule has 0 rings (SSSR count). The summed E-state index contributed by atoms with van der Waals surface area (Å²) in [6, 6.07) is 0. The minimum absolute atomic E-state index is 0.126. The molecule has 6 nitrogen and oxygen atoms in total. The van der Waals surface area contributed by atoms with E-state index in [1.165, 1.54) is 44.9 Å². The van der Waals surface area contributed by atoms with Crippen LogP contribution in [0.2, 0.25) is 0 Å². The van der Waals surface area contributed by atoms with Crippen molar-refractivity contribution in [2.45, 2.75) is 226 Å². The van der Waals surface area contributed by atoms with Crippen LogP contribution in [0, 0.1) is 0 Å². The van der Waals surface area contributed by atoms with Gasteiger partial charge in [0.15, 0.2) is 6.10 Å². The molecule has 0 saturated heterocycles. The van der Waals surface area contributed by atoms with Crippen molar-refractivity contribution in [1.82, 2.24) is 0 Å². The fraction of sp³-hybridized carbons (Fsp3) is 0.597. The fourth-order valence-corrected chi connectivity index (χ4v) is 6.92. The lowest BCUT2D eigenvalue weighted by Gasteiger charge is -2.18. The van der Waals surface area contributed by atoms with E-state index in [0.717, 1.165) is 128 Å². The number of carbonyl (C=O) groups is 3. The number of esters is 3. The van der Waals surface area contributed by atoms with Gasteiger partial charge in [0.25, 0.3) is 0 Å². The van der Waals surface area contributed by atoms with E-state index in [1.807, 2.05) is 12.2 Å². The predicted molar refractivity (Wildman–Crippen MR) is 292 cm³/mol. The monoisotopic (exact) mass is 939 g/mol. The molecule has 0 heterocycles. The molecule has 0 aliphatic rings. The van der Waals surface area contributed by atoms with E-state index in [9.17, 15) is 14.4 Å². The molecule has 6 heteroatoms. The largest absolute Gasteiger partial charge is 0.462 e. The SMILES string of the molecule is CC/C=C\C/C=C\C/C=C\C/C=C\C/C=C\CCC(=O)OC(COC(=O)CCCCCCC\C=C/C=C\C=C/CCCCCCC)COC(=O)CCCCCCCC/C=C\C/C=C\C/C=C\CC. The van der Waals surface area contributed by atoms with Crippen molar-refractivity contribution in [3.63, 3.8) is 0 Å². The van der Waals surface area contributed by atoms with Gasteiger partial charge in [-0.25, -0.2) is 0 Å². The summed E-state index contributed by atoms with van der Waals surface area (Å²) in [6.07, 6.45) is 77.3. The molecular weight excluding hydrogens is 841 g/mol. The van der Waals surface area contributed by atoms with Crippen LogP contribution < -0.4 is 0 Å². The summed E-state index contributed by atoms with van der Waals surface area (Å²) in [5.74, 6) is -1.05. The molecule has 68 heavy (non-hydrogen) atoms. The third kappa shape index (κ3) is 52.5. The Bertz CT molecular complexity index is 1500. The van der Waals surface area contributed by atoms with E-state index < -0.39 is 12.1 Å². The third-order valence-corrected chi connectivity index (χ3v) is 10.9. The molecule has 0 aromatic heterocycles. The zero-order valence-corrected chi connectivity index (χ0v) is 43.6. The van der Waals surface area contributed by atoms with E-state index >= 15 is 0 Å². The molecule has 1 unspecified atom stereocenters. The van der Waals surface area contributed by atoms with E-state index in [1.54, 1.807) is 0 Å². The van der Waals surface area contributed by atoms with Crippen molar-refractivity contribution in [2.75, 3.05) is 13.2 Å². The molecule has 0 bridgehead atoms. The summed E-state index contributed by atoms with van der Waals surface area (Å²) in [7, 11) is 0. The predicted octanol–water partition coefficient (Wildman–Crippen LogP) is 18.3. The number of allylic oxidation sites excluding steroid dienone is 22. The summed E-state index contributed by atoms with van der Waals surface area (Å²) in [4.78, 5) is 38.1. The average molecular weight is 939 g/mol. The second kappa shape index (κ2) is 55.1. The highest BCUT2D eigenvalue weighted by Gasteiger charge is 2.19. The number of carbonyl (C=O) groups excluding carboxylic acids is 3. The Morgan fingerprint density at radius 1 is 0.324 bits per heavy atom. The van der Waals surface area contributed by atoms with Crippen molar-refractivity contribution < 1.29 is 28.6 Å². The minimum Gasteiger partial charge on any atom is -0.462 e. The first-order valence-electron chi connectivity index (χ1n) is 27.2. The summed E-state index contributed by atoms with van der Waals surface area (Å²) in [5, 5.41) is 0. The summed E-state index contributed by atoms with van der Waals surface area (Å²) < 4.78 is 16.7. The molecule has 1 atom stereocenters. The van der Waals surface area contributed by atoms with Gasteiger partial charge in [-0.05, 0) is 109 Å². The molecule has 0 aliphatic carbocycles. The highest BCUT2D eigenvalue weighted by molar-refractivity contribution is 5.71. The van der Waals surface area contributed by atoms with Gasteiger partial charge in [0.1, 0.15) is 13.2 Å². The van der Waals surface area contributed by atoms with Gasteiger partial charge in [0.05, 0.1) is 0 Å². The first kappa shape index (κ1) is 63.5. The van der Waals surface area contributed by atoms with Gasteiger partial charge in [-0.2, -0.15) is 0 Å². The first-order valence-corrected chi connectivity index (χ1v) is 27.2. The Balaban J connectivity index is 4.58. The maximum Gasteiger partial charge on any atom is 0.306 e. The summed E-state index contributed by atoms with van der Waals surface area (Å²) in [6.45, 7) is 6.29. The highest BCUT2D eigenvalue weighted by Crippen LogP contribution is 2.12. The molecule has 0 radical (unpaired) electrons. The lowest BCUT2D eigenvalue weighted by molar-refractivity contribution is -0.166. The van der Waals surface area contributed by atoms with Crippen molar-refractivity contribution in [3.05, 3.63) is 134 Å². The van der Waals surface area contributed by atoms with E-state index in [-0.39, 0.29) is 31.6 Å². The van der Waals surface area contributed by atoms with Crippen LogP contribution >= 0.6 is 0 Å². The zero-order chi connectivity index (χ0) is 49.3. The van der Waals surface area contributed by atoms with Crippen LogP contribution in [0.15, 0.2) is 134 Å². The maximum atomic E-state index is 12.8. The summed E-state index contributed by atoms with van der Waals surface area (Å²) in [5.41, 5.74) is 0. The van der Waals surface area contributed by atoms with Gasteiger partial charge in [-0.1, -0.05) is 225 Å². The zero-order valence-electron chi connectivity index (χ0n) is 43.6. The Hall–Kier alpha value is -4.45. The Kier molecular flexibility index (Phi) is 51.5. The lowest BCUT2D eigenvalue weighted by Crippen LogP contribution is -2.30. The topological polar surface area (TPSA) is 78.9 Å². The second-order valence-corrected chi connectivity index (χ2v) is 17.4. The minimum atomic E-state index is -0.837. The van der Waals surface area contributed by atoms with Crippen LogP contribution in [0.3, 0.4) is 0 Å². The van der Waals surface area contributed by atoms with Crippen molar-refractivity contribution in [1.29, 1.82) is 0 Å². The molecule has 0 fully saturated rings. The number of ether oxygens (including phenoxy) is 3. The van der Waals surface area contributed by atoms with Crippen molar-refractivity contribution >= 4 is 17.9 Å². The molecule has 0 aromatic rings. The second-order valence-electron chi connectivity index (χ2n) is 17.4. The van der Waals surface area contributed by atoms with Crippen LogP contribution in [0.25, 0.3) is 0 Å². The van der Waals surface area contributed by atoms with Crippen LogP contribution in [-0.4, -0.2) is 37.2 Å². The van der Waals surface area contributed by atoms with Crippen LogP contribution in [0.4, 0.5) is 0 Å². The van der Waals surface area contributed by atoms with Gasteiger partial charge in [-0.3, -0.25) is 14.4 Å². The van der Waals surface area contributed by atoms with E-state index in [4.69, 9.17) is 14.2 Å². The van der Waals surface area contributed by atoms with Gasteiger partial charge >= 0.3 is 17.9 Å². The molecule has 382 valence electrons. The Morgan fingerprint density at radius 2 is 0.662 bits per heavy atom. The number of hydrogen-bond acceptors (Lipinski definition) is 6. The third-order valence-electron chi connectivity index (χ3n) is 10.9. The van der Waals surface area contributed by atoms with Gasteiger partial charge in [0, 0.05) is 19.3 Å². The molecule has 0 aliphatic heterocycles. The molecular formula is C62H98O6. The fourth-order valence-electron chi connectivity index (χ4n) is 6.92. The first-order chi connectivity index (χ1) is 33.5. The molecule has 0 amide bonds. The smallest absolute Gasteiger partial charge is 0.306 e. The molecule has 0 spiro atoms. The van der Waals surface area contributed by atoms with Crippen molar-refractivity contribution in [3.8, 4) is 0 Å². The Labute approximate surface area is 417 Å². The van der Waals surface area contributed by atoms with Gasteiger partial charge < -0.3 is 14.2 Å². The van der Waals surface area contributed by atoms with Gasteiger partial charge in [-0.15, -0.1) is 0 Å². The normalized spacial score (nSPS) is 13.2. The standard InChI is InChI=1S/C62H98O6/c1-4-7-10-13-16-19-22-25-28-31-32-35-37-40-43-46-49-52-55-61(64)67-58-59(68-62(65)56-53-50-47-44-41-38-34-30-27-24-21-18-15-12-9-6-3)57-66-60(63)54-51-48-45-42-39-36-33-29-26-23-20-17-14-11-8-5-2/h8-9,11-12,17-18,20-22,25-32,35,38,41,47,50,59H,4-7,10,13-16,19,23-24,33-34,36-37,39-40,42-46,48-49,51-58H2,1-3H3/b11-8-,12-9-,20-17-,21-18-,25-22-,29-26-,30-27-,31-28-,35-32-,41-38-,50-47-. The van der Waals surface area contributed by atoms with Crippen LogP contribution in [-0.2, 0) is 28.6 Å². The number of unbranched alkanes of at least 4 members (excludes halogenated alkanes) is 16. The number of hydrogen-bond donors (Lipinski definition) is 0. The summed E-state index contributed by atoms with van der Waals surface area (Å²) >= 11 is 0. The van der Waals surface area contributed by atoms with Crippen molar-refractivity contribution in [2.24, 2.45) is 0 Å². The van der Waals surface area contributed by atoms with Crippen LogP contribution in [0.5, 0.6) is 0 Å². The average Bonchev–Trinajstić information content (AvgIpc) is 3.34. The highest BCUT2D eigenvalue weighted by atomic mass is 16.6.